The van der Waals surface area contributed by atoms with E-state index in [0.29, 0.717) is 0 Å². The van der Waals surface area contributed by atoms with Gasteiger partial charge < -0.3 is 5.11 Å². The van der Waals surface area contributed by atoms with Crippen molar-refractivity contribution < 1.29 is 9.90 Å². The van der Waals surface area contributed by atoms with Crippen LogP contribution in [-0.2, 0) is 4.79 Å². The Balaban J connectivity index is 2.05. The Kier molecular flexibility index (Phi) is 3.97. The maximum Gasteiger partial charge on any atom is 0.306 e. The van der Waals surface area contributed by atoms with Gasteiger partial charge in [0.25, 0.3) is 0 Å². The minimum atomic E-state index is -0.660. The van der Waals surface area contributed by atoms with Crippen LogP contribution in [0, 0.1) is 5.92 Å². The zero-order valence-electron chi connectivity index (χ0n) is 10.9. The molecule has 4 heteroatoms. The Morgan fingerprint density at radius 1 is 1.56 bits per heavy atom. The Hall–Kier alpha value is -1.42. The maximum absolute atomic E-state index is 11.0. The summed E-state index contributed by atoms with van der Waals surface area (Å²) in [5.74, 6) is -0.848. The van der Waals surface area contributed by atoms with E-state index < -0.39 is 5.97 Å². The van der Waals surface area contributed by atoms with Crippen molar-refractivity contribution in [3.63, 3.8) is 0 Å². The van der Waals surface area contributed by atoms with Gasteiger partial charge in [0.1, 0.15) is 0 Å². The van der Waals surface area contributed by atoms with Crippen molar-refractivity contribution >= 4 is 5.97 Å². The van der Waals surface area contributed by atoms with Crippen LogP contribution in [0.25, 0.3) is 0 Å². The lowest BCUT2D eigenvalue weighted by molar-refractivity contribution is -0.144. The minimum Gasteiger partial charge on any atom is -0.481 e. The highest BCUT2D eigenvalue weighted by Gasteiger charge is 2.32. The lowest BCUT2D eigenvalue weighted by Crippen LogP contribution is -2.44. The number of rotatable bonds is 3. The maximum atomic E-state index is 11.0. The van der Waals surface area contributed by atoms with Gasteiger partial charge in [0.15, 0.2) is 0 Å². The van der Waals surface area contributed by atoms with Crippen LogP contribution in [0.2, 0.25) is 0 Å². The molecular formula is C14H20N2O2. The summed E-state index contributed by atoms with van der Waals surface area (Å²) in [4.78, 5) is 17.7. The van der Waals surface area contributed by atoms with E-state index in [0.717, 1.165) is 25.1 Å². The summed E-state index contributed by atoms with van der Waals surface area (Å²) in [6.07, 6.45) is 3.27. The van der Waals surface area contributed by atoms with Crippen LogP contribution in [0.4, 0.5) is 0 Å². The van der Waals surface area contributed by atoms with Gasteiger partial charge in [-0.3, -0.25) is 14.7 Å². The summed E-state index contributed by atoms with van der Waals surface area (Å²) in [6.45, 7) is 5.07. The number of carboxylic acids is 1. The second-order valence-corrected chi connectivity index (χ2v) is 5.08. The largest absolute Gasteiger partial charge is 0.481 e. The number of hydrogen-bond donors (Lipinski definition) is 1. The molecule has 1 aliphatic heterocycles. The molecule has 2 heterocycles. The monoisotopic (exact) mass is 248 g/mol. The zero-order chi connectivity index (χ0) is 13.1. The lowest BCUT2D eigenvalue weighted by atomic mass is 9.90. The molecular weight excluding hydrogens is 228 g/mol. The molecule has 0 aliphatic carbocycles. The van der Waals surface area contributed by atoms with E-state index in [1.54, 1.807) is 6.20 Å². The van der Waals surface area contributed by atoms with Crippen LogP contribution in [0.15, 0.2) is 24.4 Å². The van der Waals surface area contributed by atoms with E-state index in [9.17, 15) is 4.79 Å². The first-order chi connectivity index (χ1) is 8.59. The van der Waals surface area contributed by atoms with Crippen LogP contribution in [0.1, 0.15) is 38.4 Å². The Labute approximate surface area is 108 Å². The van der Waals surface area contributed by atoms with E-state index in [1.807, 2.05) is 18.2 Å². The fraction of sp³-hybridized carbons (Fsp3) is 0.571. The van der Waals surface area contributed by atoms with Crippen molar-refractivity contribution in [2.24, 2.45) is 5.92 Å². The third-order valence-corrected chi connectivity index (χ3v) is 3.89. The lowest BCUT2D eigenvalue weighted by Gasteiger charge is -2.39. The topological polar surface area (TPSA) is 53.4 Å². The summed E-state index contributed by atoms with van der Waals surface area (Å²) in [6, 6.07) is 6.47. The smallest absolute Gasteiger partial charge is 0.306 e. The van der Waals surface area contributed by atoms with Gasteiger partial charge in [0, 0.05) is 18.3 Å². The van der Waals surface area contributed by atoms with Crippen LogP contribution < -0.4 is 0 Å². The first kappa shape index (κ1) is 13.0. The highest BCUT2D eigenvalue weighted by Crippen LogP contribution is 2.30. The SMILES string of the molecule is CC1CC(C(=O)O)CCN1C(C)c1ccccn1. The third kappa shape index (κ3) is 2.70. The minimum absolute atomic E-state index is 0.188. The van der Waals surface area contributed by atoms with Crippen LogP contribution >= 0.6 is 0 Å². The number of nitrogens with zero attached hydrogens (tertiary/aromatic N) is 2. The first-order valence-electron chi connectivity index (χ1n) is 6.49. The van der Waals surface area contributed by atoms with Crippen LogP contribution in [-0.4, -0.2) is 33.5 Å². The van der Waals surface area contributed by atoms with Crippen molar-refractivity contribution in [1.29, 1.82) is 0 Å². The summed E-state index contributed by atoms with van der Waals surface area (Å²) < 4.78 is 0. The number of hydrogen-bond acceptors (Lipinski definition) is 3. The molecule has 4 nitrogen and oxygen atoms in total. The molecule has 0 amide bonds. The molecule has 1 aliphatic rings. The Morgan fingerprint density at radius 3 is 2.89 bits per heavy atom. The summed E-state index contributed by atoms with van der Waals surface area (Å²) in [5, 5.41) is 9.07. The zero-order valence-corrected chi connectivity index (χ0v) is 10.9. The fourth-order valence-electron chi connectivity index (χ4n) is 2.78. The second-order valence-electron chi connectivity index (χ2n) is 5.08. The molecule has 98 valence electrons. The summed E-state index contributed by atoms with van der Waals surface area (Å²) in [5.41, 5.74) is 1.05. The third-order valence-electron chi connectivity index (χ3n) is 3.89. The quantitative estimate of drug-likeness (QED) is 0.892. The van der Waals surface area contributed by atoms with Gasteiger partial charge in [-0.1, -0.05) is 6.07 Å². The van der Waals surface area contributed by atoms with Gasteiger partial charge in [-0.05, 0) is 45.4 Å². The van der Waals surface area contributed by atoms with E-state index in [2.05, 4.69) is 23.7 Å². The summed E-state index contributed by atoms with van der Waals surface area (Å²) >= 11 is 0. The average molecular weight is 248 g/mol. The predicted molar refractivity (Wildman–Crippen MR) is 69.2 cm³/mol. The van der Waals surface area contributed by atoms with E-state index in [4.69, 9.17) is 5.11 Å². The standard InChI is InChI=1S/C14H20N2O2/c1-10-9-12(14(17)18)6-8-16(10)11(2)13-5-3-4-7-15-13/h3-5,7,10-12H,6,8-9H2,1-2H3,(H,17,18). The Bertz CT molecular complexity index is 408. The second kappa shape index (κ2) is 5.48. The molecule has 0 saturated carbocycles. The molecule has 0 bridgehead atoms. The van der Waals surface area contributed by atoms with E-state index in [-0.39, 0.29) is 18.0 Å². The molecule has 1 aromatic rings. The van der Waals surface area contributed by atoms with Gasteiger partial charge in [0.05, 0.1) is 11.6 Å². The number of pyridine rings is 1. The van der Waals surface area contributed by atoms with Gasteiger partial charge in [-0.25, -0.2) is 0 Å². The number of likely N-dealkylation sites (tertiary alicyclic amines) is 1. The average Bonchev–Trinajstić information content (AvgIpc) is 2.38. The number of aromatic nitrogens is 1. The highest BCUT2D eigenvalue weighted by atomic mass is 16.4. The molecule has 1 aromatic heterocycles. The van der Waals surface area contributed by atoms with Crippen LogP contribution in [0.3, 0.4) is 0 Å². The van der Waals surface area contributed by atoms with Gasteiger partial charge in [0.2, 0.25) is 0 Å². The van der Waals surface area contributed by atoms with Crippen LogP contribution in [0.5, 0.6) is 0 Å². The van der Waals surface area contributed by atoms with Crippen molar-refractivity contribution in [3.05, 3.63) is 30.1 Å². The Morgan fingerprint density at radius 2 is 2.33 bits per heavy atom. The molecule has 0 radical (unpaired) electrons. The van der Waals surface area contributed by atoms with E-state index >= 15 is 0 Å². The number of carbonyl (C=O) groups is 1. The van der Waals surface area contributed by atoms with Crippen molar-refractivity contribution in [2.45, 2.75) is 38.8 Å². The van der Waals surface area contributed by atoms with Gasteiger partial charge in [-0.2, -0.15) is 0 Å². The molecule has 2 rings (SSSR count). The van der Waals surface area contributed by atoms with Gasteiger partial charge in [-0.15, -0.1) is 0 Å². The van der Waals surface area contributed by atoms with Crippen molar-refractivity contribution in [1.82, 2.24) is 9.88 Å². The molecule has 3 atom stereocenters. The predicted octanol–water partition coefficient (Wildman–Crippen LogP) is 2.33. The molecule has 18 heavy (non-hydrogen) atoms. The van der Waals surface area contributed by atoms with E-state index in [1.165, 1.54) is 0 Å². The number of aliphatic carboxylic acids is 1. The summed E-state index contributed by atoms with van der Waals surface area (Å²) in [7, 11) is 0. The molecule has 0 spiro atoms. The number of piperidine rings is 1. The first-order valence-corrected chi connectivity index (χ1v) is 6.49. The molecule has 0 aromatic carbocycles. The molecule has 1 N–H and O–H groups in total. The fourth-order valence-corrected chi connectivity index (χ4v) is 2.78. The molecule has 1 saturated heterocycles. The normalized spacial score (nSPS) is 26.8. The van der Waals surface area contributed by atoms with Crippen molar-refractivity contribution in [2.75, 3.05) is 6.54 Å². The molecule has 3 unspecified atom stereocenters. The number of carboxylic acid groups (broad SMARTS) is 1. The molecule has 1 fully saturated rings. The van der Waals surface area contributed by atoms with Gasteiger partial charge >= 0.3 is 5.97 Å². The van der Waals surface area contributed by atoms with Crippen molar-refractivity contribution in [3.8, 4) is 0 Å². The highest BCUT2D eigenvalue weighted by molar-refractivity contribution is 5.70.